The Labute approximate surface area is 159 Å². The SMILES string of the molecule is NS(=O)(=O)Cc1cccc(NC(=O)c2ccc(NC(=O)c3ccco3)s2)c1. The summed E-state index contributed by atoms with van der Waals surface area (Å²) in [4.78, 5) is 24.7. The molecule has 0 aliphatic rings. The third-order valence-electron chi connectivity index (χ3n) is 3.36. The van der Waals surface area contributed by atoms with E-state index in [1.165, 1.54) is 18.4 Å². The van der Waals surface area contributed by atoms with Crippen LogP contribution in [0.15, 0.2) is 59.2 Å². The van der Waals surface area contributed by atoms with Gasteiger partial charge in [0.1, 0.15) is 0 Å². The summed E-state index contributed by atoms with van der Waals surface area (Å²) in [5.41, 5.74) is 0.906. The molecule has 0 radical (unpaired) electrons. The summed E-state index contributed by atoms with van der Waals surface area (Å²) >= 11 is 1.10. The molecule has 1 aromatic carbocycles. The van der Waals surface area contributed by atoms with E-state index in [0.29, 0.717) is 21.1 Å². The first-order valence-corrected chi connectivity index (χ1v) is 10.2. The molecule has 3 aromatic rings. The van der Waals surface area contributed by atoms with Crippen LogP contribution in [0.1, 0.15) is 25.8 Å². The van der Waals surface area contributed by atoms with Crippen molar-refractivity contribution in [3.63, 3.8) is 0 Å². The number of nitrogens with two attached hydrogens (primary N) is 1. The number of amides is 2. The van der Waals surface area contributed by atoms with E-state index in [1.54, 1.807) is 36.4 Å². The predicted molar refractivity (Wildman–Crippen MR) is 102 cm³/mol. The Kier molecular flexibility index (Phi) is 5.40. The average molecular weight is 405 g/mol. The number of benzene rings is 1. The molecule has 0 fully saturated rings. The number of carbonyl (C=O) groups is 2. The number of hydrogen-bond acceptors (Lipinski definition) is 6. The van der Waals surface area contributed by atoms with Gasteiger partial charge in [-0.15, -0.1) is 11.3 Å². The number of carbonyl (C=O) groups excluding carboxylic acids is 2. The van der Waals surface area contributed by atoms with Crippen LogP contribution in [-0.2, 0) is 15.8 Å². The van der Waals surface area contributed by atoms with Gasteiger partial charge >= 0.3 is 0 Å². The second-order valence-corrected chi connectivity index (χ2v) is 8.26. The lowest BCUT2D eigenvalue weighted by Gasteiger charge is -2.06. The third kappa shape index (κ3) is 5.26. The van der Waals surface area contributed by atoms with Gasteiger partial charge in [0.25, 0.3) is 11.8 Å². The van der Waals surface area contributed by atoms with Gasteiger partial charge in [-0.1, -0.05) is 12.1 Å². The lowest BCUT2D eigenvalue weighted by atomic mass is 10.2. The van der Waals surface area contributed by atoms with E-state index in [0.717, 1.165) is 11.3 Å². The van der Waals surface area contributed by atoms with Crippen molar-refractivity contribution in [2.24, 2.45) is 5.14 Å². The minimum absolute atomic E-state index is 0.168. The molecule has 0 unspecified atom stereocenters. The highest BCUT2D eigenvalue weighted by Gasteiger charge is 2.14. The number of hydrogen-bond donors (Lipinski definition) is 3. The molecule has 0 bridgehead atoms. The molecule has 2 amide bonds. The number of rotatable bonds is 6. The number of nitrogens with one attached hydrogen (secondary N) is 2. The van der Waals surface area contributed by atoms with Crippen molar-refractivity contribution in [1.29, 1.82) is 0 Å². The Morgan fingerprint density at radius 2 is 1.85 bits per heavy atom. The fourth-order valence-electron chi connectivity index (χ4n) is 2.27. The lowest BCUT2D eigenvalue weighted by Crippen LogP contribution is -2.15. The van der Waals surface area contributed by atoms with E-state index in [9.17, 15) is 18.0 Å². The van der Waals surface area contributed by atoms with Gasteiger partial charge in [0, 0.05) is 5.69 Å². The summed E-state index contributed by atoms with van der Waals surface area (Å²) in [6.07, 6.45) is 1.40. The van der Waals surface area contributed by atoms with Crippen LogP contribution < -0.4 is 15.8 Å². The highest BCUT2D eigenvalue weighted by Crippen LogP contribution is 2.24. The van der Waals surface area contributed by atoms with Crippen molar-refractivity contribution < 1.29 is 22.4 Å². The van der Waals surface area contributed by atoms with E-state index < -0.39 is 15.9 Å². The molecular formula is C17H15N3O5S2. The molecule has 4 N–H and O–H groups in total. The maximum absolute atomic E-state index is 12.4. The average Bonchev–Trinajstić information content (AvgIpc) is 3.25. The normalized spacial score (nSPS) is 11.1. The molecule has 0 saturated carbocycles. The molecule has 140 valence electrons. The summed E-state index contributed by atoms with van der Waals surface area (Å²) in [6.45, 7) is 0. The molecule has 2 aromatic heterocycles. The second-order valence-electron chi connectivity index (χ2n) is 5.56. The number of thiophene rings is 1. The van der Waals surface area contributed by atoms with E-state index >= 15 is 0 Å². The second kappa shape index (κ2) is 7.74. The zero-order valence-corrected chi connectivity index (χ0v) is 15.5. The maximum atomic E-state index is 12.4. The van der Waals surface area contributed by atoms with Crippen molar-refractivity contribution in [2.75, 3.05) is 10.6 Å². The van der Waals surface area contributed by atoms with Gasteiger partial charge in [0.15, 0.2) is 5.76 Å². The summed E-state index contributed by atoms with van der Waals surface area (Å²) in [7, 11) is -3.66. The third-order valence-corrected chi connectivity index (χ3v) is 5.10. The van der Waals surface area contributed by atoms with Gasteiger partial charge in [0.2, 0.25) is 10.0 Å². The van der Waals surface area contributed by atoms with Crippen LogP contribution in [0.25, 0.3) is 0 Å². The zero-order chi connectivity index (χ0) is 19.4. The van der Waals surface area contributed by atoms with E-state index in [4.69, 9.17) is 9.56 Å². The van der Waals surface area contributed by atoms with Crippen molar-refractivity contribution in [2.45, 2.75) is 5.75 Å². The molecule has 10 heteroatoms. The molecule has 0 spiro atoms. The van der Waals surface area contributed by atoms with Gasteiger partial charge in [-0.2, -0.15) is 0 Å². The quantitative estimate of drug-likeness (QED) is 0.580. The van der Waals surface area contributed by atoms with Crippen LogP contribution in [0.5, 0.6) is 0 Å². The Bertz CT molecular complexity index is 1070. The minimum atomic E-state index is -3.66. The lowest BCUT2D eigenvalue weighted by molar-refractivity contribution is 0.0995. The van der Waals surface area contributed by atoms with Crippen LogP contribution in [0.2, 0.25) is 0 Å². The number of anilines is 2. The zero-order valence-electron chi connectivity index (χ0n) is 13.8. The Balaban J connectivity index is 1.66. The monoisotopic (exact) mass is 405 g/mol. The molecule has 8 nitrogen and oxygen atoms in total. The summed E-state index contributed by atoms with van der Waals surface area (Å²) in [5, 5.41) is 10.8. The summed E-state index contributed by atoms with van der Waals surface area (Å²) < 4.78 is 27.4. The van der Waals surface area contributed by atoms with E-state index in [2.05, 4.69) is 10.6 Å². The Hall–Kier alpha value is -2.95. The topological polar surface area (TPSA) is 132 Å². The smallest absolute Gasteiger partial charge is 0.291 e. The first kappa shape index (κ1) is 18.8. The van der Waals surface area contributed by atoms with Gasteiger partial charge in [-0.3, -0.25) is 9.59 Å². The van der Waals surface area contributed by atoms with Gasteiger partial charge < -0.3 is 15.1 Å². The number of primary sulfonamides is 1. The van der Waals surface area contributed by atoms with Crippen LogP contribution in [0.3, 0.4) is 0 Å². The van der Waals surface area contributed by atoms with Crippen LogP contribution in [0.4, 0.5) is 10.7 Å². The highest BCUT2D eigenvalue weighted by molar-refractivity contribution is 7.88. The van der Waals surface area contributed by atoms with Crippen molar-refractivity contribution in [3.05, 3.63) is 71.0 Å². The van der Waals surface area contributed by atoms with Crippen LogP contribution in [-0.4, -0.2) is 20.2 Å². The van der Waals surface area contributed by atoms with Gasteiger partial charge in [-0.25, -0.2) is 13.6 Å². The molecule has 3 rings (SSSR count). The summed E-state index contributed by atoms with van der Waals surface area (Å²) in [5.74, 6) is -0.949. The molecule has 2 heterocycles. The molecule has 0 atom stereocenters. The first-order valence-electron chi connectivity index (χ1n) is 7.65. The fraction of sp³-hybridized carbons (Fsp3) is 0.0588. The van der Waals surface area contributed by atoms with Crippen LogP contribution in [0, 0.1) is 0 Å². The predicted octanol–water partition coefficient (Wildman–Crippen LogP) is 2.63. The largest absolute Gasteiger partial charge is 0.459 e. The Morgan fingerprint density at radius 1 is 1.04 bits per heavy atom. The molecule has 0 aliphatic carbocycles. The molecule has 27 heavy (non-hydrogen) atoms. The molecular weight excluding hydrogens is 390 g/mol. The van der Waals surface area contributed by atoms with Crippen molar-refractivity contribution >= 4 is 43.9 Å². The maximum Gasteiger partial charge on any atom is 0.291 e. The molecule has 0 aliphatic heterocycles. The van der Waals surface area contributed by atoms with Gasteiger partial charge in [-0.05, 0) is 42.0 Å². The summed E-state index contributed by atoms with van der Waals surface area (Å²) in [6, 6.07) is 12.7. The number of furan rings is 1. The number of sulfonamides is 1. The fourth-order valence-corrected chi connectivity index (χ4v) is 3.71. The van der Waals surface area contributed by atoms with E-state index in [-0.39, 0.29) is 17.4 Å². The minimum Gasteiger partial charge on any atom is -0.459 e. The van der Waals surface area contributed by atoms with Crippen LogP contribution >= 0.6 is 11.3 Å². The van der Waals surface area contributed by atoms with Crippen molar-refractivity contribution in [1.82, 2.24) is 0 Å². The Morgan fingerprint density at radius 3 is 2.56 bits per heavy atom. The van der Waals surface area contributed by atoms with Gasteiger partial charge in [0.05, 0.1) is 21.9 Å². The highest BCUT2D eigenvalue weighted by atomic mass is 32.2. The molecule has 0 saturated heterocycles. The standard InChI is InChI=1S/C17H15N3O5S2/c18-27(23,24)10-11-3-1-4-12(9-11)19-17(22)14-6-7-15(26-14)20-16(21)13-5-2-8-25-13/h1-9H,10H2,(H,19,22)(H,20,21)(H2,18,23,24). The van der Waals surface area contributed by atoms with Crippen molar-refractivity contribution in [3.8, 4) is 0 Å². The first-order chi connectivity index (χ1) is 12.8. The van der Waals surface area contributed by atoms with E-state index in [1.807, 2.05) is 0 Å².